The molecule has 0 saturated heterocycles. The lowest BCUT2D eigenvalue weighted by atomic mass is 10.2. The molecule has 1 aliphatic rings. The maximum Gasteiger partial charge on any atom is 0.307 e. The normalized spacial score (nSPS) is 17.6. The average Bonchev–Trinajstić information content (AvgIpc) is 2.90. The van der Waals surface area contributed by atoms with E-state index in [1.807, 2.05) is 0 Å². The molecule has 0 bridgehead atoms. The fourth-order valence-electron chi connectivity index (χ4n) is 1.75. The van der Waals surface area contributed by atoms with Gasteiger partial charge in [-0.2, -0.15) is 5.10 Å². The van der Waals surface area contributed by atoms with E-state index in [0.717, 1.165) is 11.3 Å². The van der Waals surface area contributed by atoms with Gasteiger partial charge < -0.3 is 4.74 Å². The summed E-state index contributed by atoms with van der Waals surface area (Å²) in [5.74, 6) is 0.166. The molecule has 22 heavy (non-hydrogen) atoms. The molecule has 8 heteroatoms. The summed E-state index contributed by atoms with van der Waals surface area (Å²) in [6.45, 7) is 2.16. The Morgan fingerprint density at radius 2 is 2.50 bits per heavy atom. The Morgan fingerprint density at radius 1 is 1.68 bits per heavy atom. The van der Waals surface area contributed by atoms with E-state index < -0.39 is 0 Å². The molecule has 1 heterocycles. The molecule has 0 saturated carbocycles. The summed E-state index contributed by atoms with van der Waals surface area (Å²) in [5, 5.41) is 4.72. The van der Waals surface area contributed by atoms with Crippen molar-refractivity contribution >= 4 is 45.0 Å². The average molecular weight is 388 g/mol. The number of carbonyl (C=O) groups is 1. The third-order valence-electron chi connectivity index (χ3n) is 2.74. The van der Waals surface area contributed by atoms with Crippen LogP contribution in [0.25, 0.3) is 0 Å². The number of nitrogens with one attached hydrogen (secondary N) is 1. The van der Waals surface area contributed by atoms with Crippen molar-refractivity contribution in [1.82, 2.24) is 5.43 Å². The van der Waals surface area contributed by atoms with Gasteiger partial charge in [0.2, 0.25) is 0 Å². The molecular weight excluding hydrogens is 373 g/mol. The highest BCUT2D eigenvalue weighted by Gasteiger charge is 2.21. The van der Waals surface area contributed by atoms with Gasteiger partial charge in [0.15, 0.2) is 5.17 Å². The van der Waals surface area contributed by atoms with Crippen molar-refractivity contribution in [3.05, 3.63) is 34.1 Å². The first-order valence-corrected chi connectivity index (χ1v) is 8.46. The first-order chi connectivity index (χ1) is 10.6. The van der Waals surface area contributed by atoms with E-state index in [-0.39, 0.29) is 24.2 Å². The summed E-state index contributed by atoms with van der Waals surface area (Å²) in [7, 11) is 0. The Kier molecular flexibility index (Phi) is 6.38. The van der Waals surface area contributed by atoms with Crippen LogP contribution in [-0.2, 0) is 9.53 Å². The number of hydrogen-bond donors (Lipinski definition) is 1. The molecule has 1 unspecified atom stereocenters. The van der Waals surface area contributed by atoms with Gasteiger partial charge in [0.1, 0.15) is 5.82 Å². The summed E-state index contributed by atoms with van der Waals surface area (Å²) < 4.78 is 18.4. The van der Waals surface area contributed by atoms with E-state index in [0.29, 0.717) is 16.2 Å². The Bertz CT molecular complexity index is 610. The number of amidine groups is 1. The van der Waals surface area contributed by atoms with E-state index in [4.69, 9.17) is 4.74 Å². The third-order valence-corrected chi connectivity index (χ3v) is 4.37. The zero-order valence-electron chi connectivity index (χ0n) is 11.9. The second-order valence-electron chi connectivity index (χ2n) is 4.45. The Hall–Kier alpha value is -1.41. The van der Waals surface area contributed by atoms with Crippen LogP contribution < -0.4 is 5.43 Å². The lowest BCUT2D eigenvalue weighted by Crippen LogP contribution is -2.15. The minimum atomic E-state index is -0.317. The molecule has 0 radical (unpaired) electrons. The van der Waals surface area contributed by atoms with Crippen molar-refractivity contribution in [3.63, 3.8) is 0 Å². The topological polar surface area (TPSA) is 63.0 Å². The Balaban J connectivity index is 1.85. The van der Waals surface area contributed by atoms with Gasteiger partial charge in [0.05, 0.1) is 29.8 Å². The SMILES string of the molecule is CCOC(=O)CC1CSC(N/N=C/c2ccc(F)c(Br)c2)=N1. The van der Waals surface area contributed by atoms with Crippen LogP contribution >= 0.6 is 27.7 Å². The maximum absolute atomic E-state index is 13.1. The fourth-order valence-corrected chi connectivity index (χ4v) is 3.03. The summed E-state index contributed by atoms with van der Waals surface area (Å²) in [6.07, 6.45) is 1.85. The summed E-state index contributed by atoms with van der Waals surface area (Å²) in [4.78, 5) is 15.7. The minimum absolute atomic E-state index is 0.0817. The van der Waals surface area contributed by atoms with Crippen LogP contribution in [0.2, 0.25) is 0 Å². The highest BCUT2D eigenvalue weighted by Crippen LogP contribution is 2.19. The fraction of sp³-hybridized carbons (Fsp3) is 0.357. The minimum Gasteiger partial charge on any atom is -0.466 e. The van der Waals surface area contributed by atoms with Crippen molar-refractivity contribution < 1.29 is 13.9 Å². The predicted molar refractivity (Wildman–Crippen MR) is 89.8 cm³/mol. The van der Waals surface area contributed by atoms with Crippen LogP contribution in [0.1, 0.15) is 18.9 Å². The summed E-state index contributed by atoms with van der Waals surface area (Å²) >= 11 is 4.62. The molecule has 0 spiro atoms. The standard InChI is InChI=1S/C14H15BrFN3O2S/c1-2-21-13(20)6-10-8-22-14(18-10)19-17-7-9-3-4-12(16)11(15)5-9/h3-5,7,10H,2,6,8H2,1H3,(H,18,19)/b17-7+. The zero-order chi connectivity index (χ0) is 15.9. The van der Waals surface area contributed by atoms with E-state index in [2.05, 4.69) is 31.4 Å². The lowest BCUT2D eigenvalue weighted by molar-refractivity contribution is -0.143. The van der Waals surface area contributed by atoms with Crippen LogP contribution in [0.15, 0.2) is 32.8 Å². The molecule has 1 aromatic carbocycles. The molecule has 1 aliphatic heterocycles. The van der Waals surface area contributed by atoms with Crippen molar-refractivity contribution in [2.45, 2.75) is 19.4 Å². The first kappa shape index (κ1) is 17.0. The summed E-state index contributed by atoms with van der Waals surface area (Å²) in [5.41, 5.74) is 3.58. The smallest absolute Gasteiger partial charge is 0.307 e. The largest absolute Gasteiger partial charge is 0.466 e. The van der Waals surface area contributed by atoms with Gasteiger partial charge in [0.25, 0.3) is 0 Å². The molecule has 2 rings (SSSR count). The van der Waals surface area contributed by atoms with Crippen molar-refractivity contribution in [2.24, 2.45) is 10.1 Å². The number of rotatable bonds is 5. The monoisotopic (exact) mass is 387 g/mol. The van der Waals surface area contributed by atoms with Gasteiger partial charge in [-0.25, -0.2) is 4.39 Å². The summed E-state index contributed by atoms with van der Waals surface area (Å²) in [6, 6.07) is 4.54. The maximum atomic E-state index is 13.1. The molecule has 1 aromatic rings. The predicted octanol–water partition coefficient (Wildman–Crippen LogP) is 2.94. The zero-order valence-corrected chi connectivity index (χ0v) is 14.3. The van der Waals surface area contributed by atoms with E-state index in [1.165, 1.54) is 17.8 Å². The Labute approximate surface area is 140 Å². The molecular formula is C14H15BrFN3O2S. The number of hydrazone groups is 1. The number of halogens is 2. The number of thioether (sulfide) groups is 1. The Morgan fingerprint density at radius 3 is 3.23 bits per heavy atom. The van der Waals surface area contributed by atoms with Gasteiger partial charge >= 0.3 is 5.97 Å². The number of nitrogens with zero attached hydrogens (tertiary/aromatic N) is 2. The second kappa shape index (κ2) is 8.28. The van der Waals surface area contributed by atoms with Gasteiger partial charge in [-0.15, -0.1) is 0 Å². The third kappa shape index (κ3) is 5.10. The molecule has 1 atom stereocenters. The molecule has 0 fully saturated rings. The number of benzene rings is 1. The number of carbonyl (C=O) groups excluding carboxylic acids is 1. The van der Waals surface area contributed by atoms with Crippen LogP contribution in [0, 0.1) is 5.82 Å². The van der Waals surface area contributed by atoms with E-state index in [1.54, 1.807) is 25.3 Å². The number of ether oxygens (including phenoxy) is 1. The lowest BCUT2D eigenvalue weighted by Gasteiger charge is -2.04. The molecule has 5 nitrogen and oxygen atoms in total. The number of esters is 1. The second-order valence-corrected chi connectivity index (χ2v) is 6.31. The number of hydrogen-bond acceptors (Lipinski definition) is 6. The molecule has 1 N–H and O–H groups in total. The van der Waals surface area contributed by atoms with Crippen molar-refractivity contribution in [2.75, 3.05) is 12.4 Å². The number of aliphatic imine (C=N–C) groups is 1. The van der Waals surface area contributed by atoms with Crippen molar-refractivity contribution in [1.29, 1.82) is 0 Å². The van der Waals surface area contributed by atoms with Crippen LogP contribution in [-0.4, -0.2) is 35.8 Å². The van der Waals surface area contributed by atoms with Gasteiger partial charge in [0, 0.05) is 5.75 Å². The van der Waals surface area contributed by atoms with Gasteiger partial charge in [-0.1, -0.05) is 17.8 Å². The highest BCUT2D eigenvalue weighted by atomic mass is 79.9. The van der Waals surface area contributed by atoms with Gasteiger partial charge in [-0.3, -0.25) is 15.2 Å². The molecule has 0 amide bonds. The molecule has 0 aliphatic carbocycles. The molecule has 0 aromatic heterocycles. The quantitative estimate of drug-likeness (QED) is 0.479. The van der Waals surface area contributed by atoms with Crippen LogP contribution in [0.4, 0.5) is 4.39 Å². The highest BCUT2D eigenvalue weighted by molar-refractivity contribution is 9.10. The van der Waals surface area contributed by atoms with E-state index in [9.17, 15) is 9.18 Å². The van der Waals surface area contributed by atoms with Gasteiger partial charge in [-0.05, 0) is 40.5 Å². The first-order valence-electron chi connectivity index (χ1n) is 6.69. The molecule has 118 valence electrons. The van der Waals surface area contributed by atoms with Crippen LogP contribution in [0.3, 0.4) is 0 Å². The van der Waals surface area contributed by atoms with Crippen molar-refractivity contribution in [3.8, 4) is 0 Å². The van der Waals surface area contributed by atoms with Crippen LogP contribution in [0.5, 0.6) is 0 Å². The van der Waals surface area contributed by atoms with E-state index >= 15 is 0 Å².